The quantitative estimate of drug-likeness (QED) is 0.867. The van der Waals surface area contributed by atoms with Crippen molar-refractivity contribution in [2.45, 2.75) is 51.6 Å². The molecule has 3 aliphatic rings. The number of rotatable bonds is 3. The van der Waals surface area contributed by atoms with Crippen LogP contribution in [0.4, 0.5) is 0 Å². The Hall–Kier alpha value is -0.450. The molecule has 0 saturated carbocycles. The van der Waals surface area contributed by atoms with Gasteiger partial charge in [-0.25, -0.2) is 0 Å². The molecule has 0 aromatic heterocycles. The number of nitrogens with one attached hydrogen (secondary N) is 1. The highest BCUT2D eigenvalue weighted by Gasteiger charge is 2.47. The van der Waals surface area contributed by atoms with Crippen LogP contribution in [0.1, 0.15) is 46.0 Å². The van der Waals surface area contributed by atoms with E-state index in [1.54, 1.807) is 0 Å². The third-order valence-electron chi connectivity index (χ3n) is 5.88. The second-order valence-corrected chi connectivity index (χ2v) is 7.65. The van der Waals surface area contributed by atoms with Gasteiger partial charge >= 0.3 is 0 Å². The van der Waals surface area contributed by atoms with Gasteiger partial charge in [0.15, 0.2) is 0 Å². The lowest BCUT2D eigenvalue weighted by atomic mass is 9.66. The fourth-order valence-corrected chi connectivity index (χ4v) is 4.31. The minimum atomic E-state index is -0.226. The van der Waals surface area contributed by atoms with Gasteiger partial charge in [-0.3, -0.25) is 4.79 Å². The Labute approximate surface area is 127 Å². The first-order valence-corrected chi connectivity index (χ1v) is 8.50. The summed E-state index contributed by atoms with van der Waals surface area (Å²) in [5, 5.41) is 3.45. The fraction of sp³-hybridized carbons (Fsp3) is 0.941. The van der Waals surface area contributed by atoms with E-state index in [1.807, 2.05) is 0 Å². The molecule has 0 bridgehead atoms. The molecule has 3 heterocycles. The van der Waals surface area contributed by atoms with Crippen LogP contribution >= 0.6 is 0 Å². The maximum absolute atomic E-state index is 13.1. The van der Waals surface area contributed by atoms with E-state index in [1.165, 1.54) is 12.8 Å². The summed E-state index contributed by atoms with van der Waals surface area (Å²) in [4.78, 5) is 13.1. The molecule has 120 valence electrons. The van der Waals surface area contributed by atoms with E-state index in [9.17, 15) is 4.79 Å². The van der Waals surface area contributed by atoms with Gasteiger partial charge in [-0.2, -0.15) is 0 Å². The Kier molecular flexibility index (Phi) is 4.40. The first-order chi connectivity index (χ1) is 10.0. The van der Waals surface area contributed by atoms with Gasteiger partial charge in [0.1, 0.15) is 5.78 Å². The van der Waals surface area contributed by atoms with Crippen molar-refractivity contribution in [3.05, 3.63) is 0 Å². The largest absolute Gasteiger partial charge is 0.378 e. The Morgan fingerprint density at radius 2 is 2.14 bits per heavy atom. The number of hydrogen-bond acceptors (Lipinski definition) is 4. The van der Waals surface area contributed by atoms with E-state index in [-0.39, 0.29) is 16.9 Å². The van der Waals surface area contributed by atoms with Crippen LogP contribution in [0.25, 0.3) is 0 Å². The monoisotopic (exact) mass is 295 g/mol. The lowest BCUT2D eigenvalue weighted by Crippen LogP contribution is -2.49. The summed E-state index contributed by atoms with van der Waals surface area (Å²) in [7, 11) is 0. The normalized spacial score (nSPS) is 37.8. The van der Waals surface area contributed by atoms with Crippen LogP contribution in [0, 0.1) is 17.3 Å². The Bertz CT molecular complexity index is 381. The molecule has 0 aliphatic carbocycles. The summed E-state index contributed by atoms with van der Waals surface area (Å²) < 4.78 is 11.5. The van der Waals surface area contributed by atoms with Crippen molar-refractivity contribution >= 4 is 5.78 Å². The second-order valence-electron chi connectivity index (χ2n) is 7.65. The number of carbonyl (C=O) groups is 1. The van der Waals surface area contributed by atoms with E-state index in [4.69, 9.17) is 9.47 Å². The molecule has 3 aliphatic heterocycles. The zero-order valence-corrected chi connectivity index (χ0v) is 13.5. The zero-order chi connectivity index (χ0) is 14.9. The molecule has 1 N–H and O–H groups in total. The van der Waals surface area contributed by atoms with Crippen LogP contribution in [0.2, 0.25) is 0 Å². The van der Waals surface area contributed by atoms with Crippen molar-refractivity contribution in [1.82, 2.24) is 5.32 Å². The van der Waals surface area contributed by atoms with Gasteiger partial charge in [-0.15, -0.1) is 0 Å². The topological polar surface area (TPSA) is 47.6 Å². The SMILES string of the molecule is CC(C)(C(=O)C1CCOC2(CCOC2)C1)C1CCCNC1. The molecule has 4 nitrogen and oxygen atoms in total. The molecule has 3 fully saturated rings. The van der Waals surface area contributed by atoms with E-state index < -0.39 is 0 Å². The van der Waals surface area contributed by atoms with Crippen molar-refractivity contribution in [3.8, 4) is 0 Å². The zero-order valence-electron chi connectivity index (χ0n) is 13.5. The molecule has 3 unspecified atom stereocenters. The number of ketones is 1. The van der Waals surface area contributed by atoms with Crippen molar-refractivity contribution in [3.63, 3.8) is 0 Å². The number of carbonyl (C=O) groups excluding carboxylic acids is 1. The van der Waals surface area contributed by atoms with Gasteiger partial charge < -0.3 is 14.8 Å². The van der Waals surface area contributed by atoms with E-state index >= 15 is 0 Å². The number of piperidine rings is 1. The Balaban J connectivity index is 1.68. The molecule has 0 radical (unpaired) electrons. The molecule has 3 saturated heterocycles. The first kappa shape index (κ1) is 15.4. The predicted octanol–water partition coefficient (Wildman–Crippen LogP) is 2.17. The highest BCUT2D eigenvalue weighted by Crippen LogP contribution is 2.42. The highest BCUT2D eigenvalue weighted by atomic mass is 16.6. The van der Waals surface area contributed by atoms with Gasteiger partial charge in [0.05, 0.1) is 12.2 Å². The molecule has 1 spiro atoms. The Morgan fingerprint density at radius 3 is 2.81 bits per heavy atom. The van der Waals surface area contributed by atoms with E-state index in [0.29, 0.717) is 24.9 Å². The van der Waals surface area contributed by atoms with Crippen LogP contribution in [0.15, 0.2) is 0 Å². The Morgan fingerprint density at radius 1 is 1.29 bits per heavy atom. The van der Waals surface area contributed by atoms with E-state index in [2.05, 4.69) is 19.2 Å². The summed E-state index contributed by atoms with van der Waals surface area (Å²) in [5.74, 6) is 1.07. The van der Waals surface area contributed by atoms with Crippen LogP contribution in [-0.2, 0) is 14.3 Å². The predicted molar refractivity (Wildman–Crippen MR) is 81.2 cm³/mol. The highest BCUT2D eigenvalue weighted by molar-refractivity contribution is 5.87. The average molecular weight is 295 g/mol. The summed E-state index contributed by atoms with van der Waals surface area (Å²) in [5.41, 5.74) is -0.393. The van der Waals surface area contributed by atoms with Crippen molar-refractivity contribution in [1.29, 1.82) is 0 Å². The lowest BCUT2D eigenvalue weighted by Gasteiger charge is -2.42. The van der Waals surface area contributed by atoms with Crippen LogP contribution < -0.4 is 5.32 Å². The maximum Gasteiger partial charge on any atom is 0.142 e. The minimum Gasteiger partial charge on any atom is -0.378 e. The molecule has 0 aromatic carbocycles. The molecule has 3 rings (SSSR count). The van der Waals surface area contributed by atoms with Gasteiger partial charge in [0, 0.05) is 31.0 Å². The van der Waals surface area contributed by atoms with Gasteiger partial charge in [0.25, 0.3) is 0 Å². The molecular weight excluding hydrogens is 266 g/mol. The van der Waals surface area contributed by atoms with Gasteiger partial charge in [0.2, 0.25) is 0 Å². The summed E-state index contributed by atoms with van der Waals surface area (Å²) in [6.45, 7) is 8.53. The molecule has 21 heavy (non-hydrogen) atoms. The van der Waals surface area contributed by atoms with Crippen LogP contribution in [0.3, 0.4) is 0 Å². The molecule has 4 heteroatoms. The molecular formula is C17H29NO3. The van der Waals surface area contributed by atoms with Crippen molar-refractivity contribution < 1.29 is 14.3 Å². The van der Waals surface area contributed by atoms with Gasteiger partial charge in [-0.05, 0) is 44.7 Å². The van der Waals surface area contributed by atoms with E-state index in [0.717, 1.165) is 39.0 Å². The third kappa shape index (κ3) is 3.03. The van der Waals surface area contributed by atoms with Gasteiger partial charge in [-0.1, -0.05) is 13.8 Å². The number of hydrogen-bond donors (Lipinski definition) is 1. The second kappa shape index (κ2) is 5.98. The lowest BCUT2D eigenvalue weighted by molar-refractivity contribution is -0.147. The maximum atomic E-state index is 13.1. The number of ether oxygens (including phenoxy) is 2. The molecule has 3 atom stereocenters. The third-order valence-corrected chi connectivity index (χ3v) is 5.88. The van der Waals surface area contributed by atoms with Crippen molar-refractivity contribution in [2.24, 2.45) is 17.3 Å². The summed E-state index contributed by atoms with van der Waals surface area (Å²) >= 11 is 0. The minimum absolute atomic E-state index is 0.150. The van der Waals surface area contributed by atoms with Crippen molar-refractivity contribution in [2.75, 3.05) is 32.9 Å². The fourth-order valence-electron chi connectivity index (χ4n) is 4.31. The summed E-state index contributed by atoms with van der Waals surface area (Å²) in [6, 6.07) is 0. The van der Waals surface area contributed by atoms with Crippen LogP contribution in [-0.4, -0.2) is 44.3 Å². The first-order valence-electron chi connectivity index (χ1n) is 8.50. The average Bonchev–Trinajstić information content (AvgIpc) is 2.95. The number of Topliss-reactive ketones (excluding diaryl/α,β-unsaturated/α-hetero) is 1. The smallest absolute Gasteiger partial charge is 0.142 e. The molecule has 0 amide bonds. The standard InChI is InChI=1S/C17H29NO3/c1-16(2,14-4-3-7-18-11-14)15(19)13-5-8-21-17(10-13)6-9-20-12-17/h13-14,18H,3-12H2,1-2H3. The van der Waals surface area contributed by atoms with Crippen LogP contribution in [0.5, 0.6) is 0 Å². The molecule has 0 aromatic rings. The summed E-state index contributed by atoms with van der Waals surface area (Å²) in [6.07, 6.45) is 5.04.